The van der Waals surface area contributed by atoms with Crippen molar-refractivity contribution in [1.29, 1.82) is 0 Å². The van der Waals surface area contributed by atoms with Crippen molar-refractivity contribution < 1.29 is 14.3 Å². The molecule has 2 saturated heterocycles. The zero-order valence-electron chi connectivity index (χ0n) is 14.1. The van der Waals surface area contributed by atoms with Gasteiger partial charge in [-0.15, -0.1) is 0 Å². The van der Waals surface area contributed by atoms with E-state index in [1.54, 1.807) is 0 Å². The van der Waals surface area contributed by atoms with Crippen LogP contribution in [0.15, 0.2) is 0 Å². The molecule has 0 unspecified atom stereocenters. The Kier molecular flexibility index (Phi) is 3.87. The van der Waals surface area contributed by atoms with Crippen LogP contribution in [-0.2, 0) is 14.3 Å². The van der Waals surface area contributed by atoms with E-state index in [0.29, 0.717) is 12.5 Å². The fourth-order valence-corrected chi connectivity index (χ4v) is 4.47. The summed E-state index contributed by atoms with van der Waals surface area (Å²) >= 11 is 0. The lowest BCUT2D eigenvalue weighted by atomic mass is 9.83. The fraction of sp³-hybridized carbons (Fsp3) is 0.889. The molecule has 2 heterocycles. The van der Waals surface area contributed by atoms with E-state index in [9.17, 15) is 9.59 Å². The molecule has 0 aromatic heterocycles. The Balaban J connectivity index is 1.58. The summed E-state index contributed by atoms with van der Waals surface area (Å²) in [5.41, 5.74) is -0.494. The Morgan fingerprint density at radius 2 is 1.65 bits per heavy atom. The van der Waals surface area contributed by atoms with Crippen molar-refractivity contribution in [1.82, 2.24) is 9.80 Å². The van der Waals surface area contributed by atoms with E-state index in [1.807, 2.05) is 9.80 Å². The summed E-state index contributed by atoms with van der Waals surface area (Å²) in [5, 5.41) is 0. The normalized spacial score (nSPS) is 37.6. The first-order valence-corrected chi connectivity index (χ1v) is 9.37. The summed E-state index contributed by atoms with van der Waals surface area (Å²) in [6.45, 7) is 4.33. The van der Waals surface area contributed by atoms with Crippen LogP contribution in [0.25, 0.3) is 0 Å². The zero-order chi connectivity index (χ0) is 16.0. The predicted molar refractivity (Wildman–Crippen MR) is 85.5 cm³/mol. The molecule has 1 spiro atoms. The summed E-state index contributed by atoms with van der Waals surface area (Å²) in [5.74, 6) is 1.12. The Bertz CT molecular complexity index is 488. The van der Waals surface area contributed by atoms with Crippen molar-refractivity contribution in [2.45, 2.75) is 70.1 Å². The summed E-state index contributed by atoms with van der Waals surface area (Å²) < 4.78 is 6.19. The minimum atomic E-state index is -0.494. The van der Waals surface area contributed by atoms with Gasteiger partial charge >= 0.3 is 0 Å². The van der Waals surface area contributed by atoms with Crippen molar-refractivity contribution in [3.8, 4) is 0 Å². The van der Waals surface area contributed by atoms with Crippen LogP contribution in [0.3, 0.4) is 0 Å². The van der Waals surface area contributed by atoms with E-state index in [-0.39, 0.29) is 23.8 Å². The molecule has 0 bridgehead atoms. The van der Waals surface area contributed by atoms with Gasteiger partial charge in [0.15, 0.2) is 0 Å². The van der Waals surface area contributed by atoms with Gasteiger partial charge in [-0.1, -0.05) is 6.92 Å². The Hall–Kier alpha value is -1.10. The number of likely N-dealkylation sites (tertiary alicyclic amines) is 1. The Morgan fingerprint density at radius 1 is 1.00 bits per heavy atom. The van der Waals surface area contributed by atoms with Crippen LogP contribution < -0.4 is 0 Å². The predicted octanol–water partition coefficient (Wildman–Crippen LogP) is 2.15. The van der Waals surface area contributed by atoms with Crippen molar-refractivity contribution in [2.24, 2.45) is 11.8 Å². The topological polar surface area (TPSA) is 49.9 Å². The molecule has 2 aliphatic carbocycles. The van der Waals surface area contributed by atoms with Gasteiger partial charge in [0.05, 0.1) is 6.61 Å². The molecular formula is C18H28N2O3. The van der Waals surface area contributed by atoms with E-state index in [4.69, 9.17) is 4.74 Å². The van der Waals surface area contributed by atoms with Crippen LogP contribution in [0.1, 0.15) is 58.3 Å². The molecule has 4 aliphatic rings. The number of carbonyl (C=O) groups excluding carboxylic acids is 2. The van der Waals surface area contributed by atoms with Gasteiger partial charge in [-0.25, -0.2) is 0 Å². The van der Waals surface area contributed by atoms with E-state index in [0.717, 1.165) is 64.5 Å². The van der Waals surface area contributed by atoms with Crippen LogP contribution in [0.5, 0.6) is 0 Å². The van der Waals surface area contributed by atoms with Crippen molar-refractivity contribution in [3.05, 3.63) is 0 Å². The van der Waals surface area contributed by atoms with Gasteiger partial charge in [0.25, 0.3) is 0 Å². The molecule has 5 heteroatoms. The monoisotopic (exact) mass is 320 g/mol. The maximum absolute atomic E-state index is 13.0. The molecule has 23 heavy (non-hydrogen) atoms. The van der Waals surface area contributed by atoms with Crippen LogP contribution in [-0.4, -0.2) is 53.1 Å². The molecule has 0 radical (unpaired) electrons. The number of hydrogen-bond acceptors (Lipinski definition) is 3. The highest BCUT2D eigenvalue weighted by Crippen LogP contribution is 2.45. The van der Waals surface area contributed by atoms with Crippen LogP contribution in [0.2, 0.25) is 0 Å². The largest absolute Gasteiger partial charge is 0.353 e. The number of carbonyl (C=O) groups is 2. The van der Waals surface area contributed by atoms with E-state index in [2.05, 4.69) is 6.92 Å². The third-order valence-electron chi connectivity index (χ3n) is 6.18. The van der Waals surface area contributed by atoms with Crippen LogP contribution in [0, 0.1) is 11.8 Å². The lowest BCUT2D eigenvalue weighted by molar-refractivity contribution is -0.164. The summed E-state index contributed by atoms with van der Waals surface area (Å²) in [6.07, 6.45) is 8.06. The molecule has 0 N–H and O–H groups in total. The number of nitrogens with zero attached hydrogens (tertiary/aromatic N) is 2. The van der Waals surface area contributed by atoms with Crippen molar-refractivity contribution in [3.63, 3.8) is 0 Å². The van der Waals surface area contributed by atoms with Crippen molar-refractivity contribution in [2.75, 3.05) is 19.7 Å². The summed E-state index contributed by atoms with van der Waals surface area (Å²) in [4.78, 5) is 29.8. The molecule has 4 fully saturated rings. The SMILES string of the molecule is CC1CCC2(CC1)OC[C@@H](C(=O)N1CCCC1)N2C(=O)C1CC1. The standard InChI is InChI=1S/C18H28N2O3/c1-13-6-8-18(9-7-13)20(16(21)14-4-5-14)15(12-23-18)17(22)19-10-2-3-11-19/h13-15H,2-12H2,1H3/t13?,15-,18?/m0/s1. The molecule has 2 aliphatic heterocycles. The lowest BCUT2D eigenvalue weighted by Gasteiger charge is -2.43. The average Bonchev–Trinajstić information content (AvgIpc) is 3.14. The first kappa shape index (κ1) is 15.4. The number of rotatable bonds is 2. The third-order valence-corrected chi connectivity index (χ3v) is 6.18. The molecule has 2 amide bonds. The summed E-state index contributed by atoms with van der Waals surface area (Å²) in [6, 6.07) is -0.380. The van der Waals surface area contributed by atoms with Gasteiger partial charge in [-0.2, -0.15) is 0 Å². The van der Waals surface area contributed by atoms with Gasteiger partial charge in [0, 0.05) is 19.0 Å². The Labute approximate surface area is 138 Å². The molecule has 4 rings (SSSR count). The highest BCUT2D eigenvalue weighted by atomic mass is 16.5. The smallest absolute Gasteiger partial charge is 0.247 e. The first-order valence-electron chi connectivity index (χ1n) is 9.37. The number of amides is 2. The lowest BCUT2D eigenvalue weighted by Crippen LogP contribution is -2.57. The average molecular weight is 320 g/mol. The van der Waals surface area contributed by atoms with E-state index in [1.165, 1.54) is 0 Å². The molecule has 0 aromatic rings. The molecular weight excluding hydrogens is 292 g/mol. The number of ether oxygens (including phenoxy) is 1. The first-order chi connectivity index (χ1) is 11.1. The van der Waals surface area contributed by atoms with Crippen LogP contribution in [0.4, 0.5) is 0 Å². The van der Waals surface area contributed by atoms with E-state index < -0.39 is 5.72 Å². The minimum Gasteiger partial charge on any atom is -0.353 e. The minimum absolute atomic E-state index is 0.118. The van der Waals surface area contributed by atoms with Gasteiger partial charge in [0.2, 0.25) is 11.8 Å². The molecule has 128 valence electrons. The second-order valence-corrected chi connectivity index (χ2v) is 7.97. The highest BCUT2D eigenvalue weighted by molar-refractivity contribution is 5.90. The van der Waals surface area contributed by atoms with E-state index >= 15 is 0 Å². The maximum Gasteiger partial charge on any atom is 0.247 e. The quantitative estimate of drug-likeness (QED) is 0.783. The zero-order valence-corrected chi connectivity index (χ0v) is 14.1. The fourth-order valence-electron chi connectivity index (χ4n) is 4.47. The van der Waals surface area contributed by atoms with Gasteiger partial charge in [0.1, 0.15) is 11.8 Å². The maximum atomic E-state index is 13.0. The Morgan fingerprint density at radius 3 is 2.26 bits per heavy atom. The molecule has 5 nitrogen and oxygen atoms in total. The third kappa shape index (κ3) is 2.67. The molecule has 1 atom stereocenters. The van der Waals surface area contributed by atoms with Gasteiger partial charge in [-0.3, -0.25) is 14.5 Å². The van der Waals surface area contributed by atoms with Gasteiger partial charge < -0.3 is 9.64 Å². The highest BCUT2D eigenvalue weighted by Gasteiger charge is 2.56. The summed E-state index contributed by atoms with van der Waals surface area (Å²) in [7, 11) is 0. The second-order valence-electron chi connectivity index (χ2n) is 7.97. The molecule has 0 aromatic carbocycles. The van der Waals surface area contributed by atoms with Crippen LogP contribution >= 0.6 is 0 Å². The van der Waals surface area contributed by atoms with Gasteiger partial charge in [-0.05, 0) is 57.3 Å². The van der Waals surface area contributed by atoms with Crippen molar-refractivity contribution >= 4 is 11.8 Å². The second kappa shape index (κ2) is 5.76. The molecule has 2 saturated carbocycles. The number of hydrogen-bond donors (Lipinski definition) is 0.